The van der Waals surface area contributed by atoms with Crippen LogP contribution >= 0.6 is 0 Å². The van der Waals surface area contributed by atoms with Gasteiger partial charge in [-0.25, -0.2) is 0 Å². The minimum Gasteiger partial charge on any atom is -0.378 e. The van der Waals surface area contributed by atoms with Gasteiger partial charge in [-0.05, 0) is 42.5 Å². The monoisotopic (exact) mass is 312 g/mol. The molecule has 0 unspecified atom stereocenters. The molecule has 3 heterocycles. The molecule has 5 aromatic rings. The summed E-state index contributed by atoms with van der Waals surface area (Å²) in [5.74, 6) is 0. The summed E-state index contributed by atoms with van der Waals surface area (Å²) in [6, 6.07) is 24.0. The van der Waals surface area contributed by atoms with Crippen LogP contribution in [0.3, 0.4) is 0 Å². The smallest absolute Gasteiger partial charge is 0.292 e. The number of nitrogens with zero attached hydrogens (tertiary/aromatic N) is 3. The van der Waals surface area contributed by atoms with Gasteiger partial charge in [-0.1, -0.05) is 18.2 Å². The van der Waals surface area contributed by atoms with Crippen molar-refractivity contribution >= 4 is 38.7 Å². The largest absolute Gasteiger partial charge is 0.378 e. The topological polar surface area (TPSA) is 11.8 Å². The molecule has 24 heavy (non-hydrogen) atoms. The van der Waals surface area contributed by atoms with E-state index in [-0.39, 0.29) is 0 Å². The summed E-state index contributed by atoms with van der Waals surface area (Å²) in [7, 11) is 4.15. The van der Waals surface area contributed by atoms with E-state index in [2.05, 4.69) is 101 Å². The standard InChI is InChI=1S/C21H18N3/c1-22(2)17-10-11-20-16(13-17)7-9-18-14-23-19-6-4-3-5-15(19)8-12-21(23)24(18)20/h3-14H,1-2H3/q+1. The molecule has 0 aliphatic heterocycles. The molecule has 0 amide bonds. The van der Waals surface area contributed by atoms with Crippen LogP contribution < -0.4 is 9.30 Å². The average Bonchev–Trinajstić information content (AvgIpc) is 3.00. The number of anilines is 1. The summed E-state index contributed by atoms with van der Waals surface area (Å²) in [6.45, 7) is 0. The van der Waals surface area contributed by atoms with Gasteiger partial charge >= 0.3 is 0 Å². The van der Waals surface area contributed by atoms with Gasteiger partial charge in [-0.2, -0.15) is 8.80 Å². The maximum Gasteiger partial charge on any atom is 0.292 e. The van der Waals surface area contributed by atoms with Gasteiger partial charge in [0, 0.05) is 36.6 Å². The molecule has 0 aliphatic carbocycles. The van der Waals surface area contributed by atoms with Crippen molar-refractivity contribution in [3.63, 3.8) is 0 Å². The first-order valence-electron chi connectivity index (χ1n) is 8.17. The van der Waals surface area contributed by atoms with Crippen molar-refractivity contribution in [1.29, 1.82) is 0 Å². The lowest BCUT2D eigenvalue weighted by Gasteiger charge is -2.12. The molecule has 0 spiro atoms. The van der Waals surface area contributed by atoms with Crippen molar-refractivity contribution in [2.45, 2.75) is 0 Å². The summed E-state index contributed by atoms with van der Waals surface area (Å²) in [5, 5.41) is 2.50. The van der Waals surface area contributed by atoms with Crippen LogP contribution in [0.15, 0.2) is 72.9 Å². The molecule has 0 radical (unpaired) electrons. The van der Waals surface area contributed by atoms with Crippen molar-refractivity contribution in [1.82, 2.24) is 4.40 Å². The Morgan fingerprint density at radius 1 is 0.833 bits per heavy atom. The van der Waals surface area contributed by atoms with E-state index in [0.29, 0.717) is 0 Å². The van der Waals surface area contributed by atoms with Crippen molar-refractivity contribution in [3.05, 3.63) is 72.9 Å². The lowest BCUT2D eigenvalue weighted by atomic mass is 10.2. The molecule has 0 atom stereocenters. The molecular weight excluding hydrogens is 294 g/mol. The highest BCUT2D eigenvalue weighted by Crippen LogP contribution is 2.24. The third-order valence-electron chi connectivity index (χ3n) is 4.81. The van der Waals surface area contributed by atoms with E-state index in [1.54, 1.807) is 0 Å². The summed E-state index contributed by atoms with van der Waals surface area (Å²) in [5.41, 5.74) is 6.08. The first-order chi connectivity index (χ1) is 11.7. The SMILES string of the molecule is CN(C)c1ccc2c(ccc3c[n+]4c5ccccc5ccc4n32)c1. The van der Waals surface area contributed by atoms with E-state index in [0.717, 1.165) is 0 Å². The molecule has 0 N–H and O–H groups in total. The minimum absolute atomic E-state index is 1.19. The maximum atomic E-state index is 2.33. The minimum atomic E-state index is 1.19. The quantitative estimate of drug-likeness (QED) is 0.425. The fourth-order valence-electron chi connectivity index (χ4n) is 3.57. The zero-order valence-corrected chi connectivity index (χ0v) is 13.8. The van der Waals surface area contributed by atoms with Crippen LogP contribution in [0, 0.1) is 0 Å². The number of pyridine rings is 2. The van der Waals surface area contributed by atoms with Gasteiger partial charge in [0.15, 0.2) is 5.52 Å². The summed E-state index contributed by atoms with van der Waals surface area (Å²) >= 11 is 0. The molecule has 0 aliphatic rings. The Morgan fingerprint density at radius 3 is 2.54 bits per heavy atom. The molecule has 3 aromatic heterocycles. The molecule has 116 valence electrons. The van der Waals surface area contributed by atoms with Gasteiger partial charge in [0.2, 0.25) is 0 Å². The van der Waals surface area contributed by atoms with Gasteiger partial charge in [-0.15, -0.1) is 0 Å². The van der Waals surface area contributed by atoms with Crippen molar-refractivity contribution in [3.8, 4) is 0 Å². The Hall–Kier alpha value is -3.07. The predicted octanol–water partition coefficient (Wildman–Crippen LogP) is 4.05. The second-order valence-corrected chi connectivity index (χ2v) is 6.48. The van der Waals surface area contributed by atoms with Crippen LogP contribution in [0.25, 0.3) is 33.0 Å². The summed E-state index contributed by atoms with van der Waals surface area (Å²) in [6.07, 6.45) is 2.22. The Bertz CT molecular complexity index is 1230. The molecule has 0 fully saturated rings. The van der Waals surface area contributed by atoms with Crippen LogP contribution in [-0.4, -0.2) is 18.5 Å². The molecule has 3 nitrogen and oxygen atoms in total. The van der Waals surface area contributed by atoms with Gasteiger partial charge in [0.1, 0.15) is 17.2 Å². The van der Waals surface area contributed by atoms with Gasteiger partial charge in [0.25, 0.3) is 5.65 Å². The molecule has 2 aromatic carbocycles. The number of para-hydroxylation sites is 1. The van der Waals surface area contributed by atoms with E-state index in [9.17, 15) is 0 Å². The third kappa shape index (κ3) is 1.75. The highest BCUT2D eigenvalue weighted by Gasteiger charge is 2.16. The van der Waals surface area contributed by atoms with E-state index in [1.807, 2.05) is 0 Å². The summed E-state index contributed by atoms with van der Waals surface area (Å²) in [4.78, 5) is 2.14. The van der Waals surface area contributed by atoms with Crippen molar-refractivity contribution in [2.75, 3.05) is 19.0 Å². The fourth-order valence-corrected chi connectivity index (χ4v) is 3.57. The number of fused-ring (bicyclic) bond motifs is 7. The second-order valence-electron chi connectivity index (χ2n) is 6.48. The molecule has 0 saturated heterocycles. The third-order valence-corrected chi connectivity index (χ3v) is 4.81. The van der Waals surface area contributed by atoms with E-state index in [4.69, 9.17) is 0 Å². The summed E-state index contributed by atoms with van der Waals surface area (Å²) < 4.78 is 4.62. The van der Waals surface area contributed by atoms with Crippen LogP contribution in [0.4, 0.5) is 5.69 Å². The van der Waals surface area contributed by atoms with Crippen LogP contribution in [0.1, 0.15) is 0 Å². The lowest BCUT2D eigenvalue weighted by molar-refractivity contribution is -0.479. The number of aromatic nitrogens is 2. The Kier molecular flexibility index (Phi) is 2.63. The number of rotatable bonds is 1. The Balaban J connectivity index is 1.96. The highest BCUT2D eigenvalue weighted by atomic mass is 15.1. The normalized spacial score (nSPS) is 11.8. The number of imidazole rings is 1. The zero-order chi connectivity index (χ0) is 16.3. The van der Waals surface area contributed by atoms with Gasteiger partial charge in [-0.3, -0.25) is 0 Å². The molecule has 5 rings (SSSR count). The predicted molar refractivity (Wildman–Crippen MR) is 99.9 cm³/mol. The first kappa shape index (κ1) is 13.4. The lowest BCUT2D eigenvalue weighted by Crippen LogP contribution is -2.19. The maximum absolute atomic E-state index is 2.33. The first-order valence-corrected chi connectivity index (χ1v) is 8.17. The fraction of sp³-hybridized carbons (Fsp3) is 0.0952. The van der Waals surface area contributed by atoms with Gasteiger partial charge < -0.3 is 4.90 Å². The molecule has 0 bridgehead atoms. The van der Waals surface area contributed by atoms with E-state index < -0.39 is 0 Å². The molecule has 3 heteroatoms. The number of hydrogen-bond donors (Lipinski definition) is 0. The average molecular weight is 312 g/mol. The van der Waals surface area contributed by atoms with E-state index >= 15 is 0 Å². The van der Waals surface area contributed by atoms with Crippen molar-refractivity contribution < 1.29 is 4.40 Å². The molecule has 0 saturated carbocycles. The zero-order valence-electron chi connectivity index (χ0n) is 13.8. The number of hydrogen-bond acceptors (Lipinski definition) is 1. The van der Waals surface area contributed by atoms with Gasteiger partial charge in [0.05, 0.1) is 0 Å². The Morgan fingerprint density at radius 2 is 1.67 bits per heavy atom. The van der Waals surface area contributed by atoms with Crippen LogP contribution in [-0.2, 0) is 0 Å². The number of benzene rings is 2. The Labute approximate surface area is 140 Å². The van der Waals surface area contributed by atoms with Crippen molar-refractivity contribution in [2.24, 2.45) is 0 Å². The van der Waals surface area contributed by atoms with E-state index in [1.165, 1.54) is 38.7 Å². The highest BCUT2D eigenvalue weighted by molar-refractivity contribution is 5.88. The van der Waals surface area contributed by atoms with Crippen LogP contribution in [0.2, 0.25) is 0 Å². The second kappa shape index (κ2) is 4.71. The molecular formula is C21H18N3+. The van der Waals surface area contributed by atoms with Crippen LogP contribution in [0.5, 0.6) is 0 Å².